The van der Waals surface area contributed by atoms with Crippen molar-refractivity contribution in [3.8, 4) is 11.1 Å². The highest BCUT2D eigenvalue weighted by Crippen LogP contribution is 2.38. The number of hydrogen-bond acceptors (Lipinski definition) is 3. The number of nitrogen functional groups attached to an aromatic ring is 1. The zero-order valence-corrected chi connectivity index (χ0v) is 13.9. The van der Waals surface area contributed by atoms with Gasteiger partial charge in [-0.05, 0) is 39.8 Å². The predicted octanol–water partition coefficient (Wildman–Crippen LogP) is 4.40. The summed E-state index contributed by atoms with van der Waals surface area (Å²) >= 11 is 6.42. The molecule has 0 aliphatic heterocycles. The molecular formula is C17H19ClN4. The number of rotatable bonds is 1. The van der Waals surface area contributed by atoms with Crippen molar-refractivity contribution in [1.29, 1.82) is 0 Å². The molecule has 0 bridgehead atoms. The average molecular weight is 315 g/mol. The number of hydrogen-bond donors (Lipinski definition) is 1. The first-order valence-corrected chi connectivity index (χ1v) is 7.55. The van der Waals surface area contributed by atoms with E-state index in [-0.39, 0.29) is 5.54 Å². The molecule has 0 radical (unpaired) electrons. The number of fused-ring (bicyclic) bond motifs is 1. The number of benzene rings is 1. The van der Waals surface area contributed by atoms with Crippen molar-refractivity contribution in [2.24, 2.45) is 0 Å². The van der Waals surface area contributed by atoms with E-state index in [2.05, 4.69) is 47.6 Å². The van der Waals surface area contributed by atoms with E-state index in [1.165, 1.54) is 6.33 Å². The molecule has 4 nitrogen and oxygen atoms in total. The number of aryl methyl sites for hydroxylation is 1. The summed E-state index contributed by atoms with van der Waals surface area (Å²) in [6.07, 6.45) is 3.57. The Morgan fingerprint density at radius 1 is 1.14 bits per heavy atom. The van der Waals surface area contributed by atoms with Crippen LogP contribution in [0.25, 0.3) is 22.2 Å². The van der Waals surface area contributed by atoms with Crippen LogP contribution in [0.5, 0.6) is 0 Å². The zero-order chi connectivity index (χ0) is 16.1. The minimum absolute atomic E-state index is 0.117. The normalized spacial score (nSPS) is 12.0. The molecule has 0 amide bonds. The van der Waals surface area contributed by atoms with E-state index in [1.807, 2.05) is 19.1 Å². The van der Waals surface area contributed by atoms with E-state index in [9.17, 15) is 0 Å². The summed E-state index contributed by atoms with van der Waals surface area (Å²) in [5.41, 5.74) is 9.91. The minimum Gasteiger partial charge on any atom is -0.383 e. The Balaban J connectivity index is 2.42. The molecular weight excluding hydrogens is 296 g/mol. The molecule has 0 spiro atoms. The van der Waals surface area contributed by atoms with Crippen molar-refractivity contribution < 1.29 is 0 Å². The highest BCUT2D eigenvalue weighted by molar-refractivity contribution is 6.33. The topological polar surface area (TPSA) is 56.7 Å². The first-order chi connectivity index (χ1) is 10.3. The van der Waals surface area contributed by atoms with Crippen LogP contribution in [0, 0.1) is 6.92 Å². The van der Waals surface area contributed by atoms with Crippen LogP contribution >= 0.6 is 11.6 Å². The van der Waals surface area contributed by atoms with Crippen LogP contribution < -0.4 is 5.73 Å². The lowest BCUT2D eigenvalue weighted by Crippen LogP contribution is -2.21. The molecule has 3 rings (SSSR count). The van der Waals surface area contributed by atoms with Gasteiger partial charge in [-0.1, -0.05) is 23.2 Å². The van der Waals surface area contributed by atoms with Crippen LogP contribution in [0.1, 0.15) is 26.3 Å². The highest BCUT2D eigenvalue weighted by atomic mass is 35.5. The predicted molar refractivity (Wildman–Crippen MR) is 92.1 cm³/mol. The molecule has 0 atom stereocenters. The Morgan fingerprint density at radius 3 is 2.55 bits per heavy atom. The number of aromatic nitrogens is 3. The minimum atomic E-state index is -0.117. The molecule has 0 aliphatic rings. The van der Waals surface area contributed by atoms with Crippen LogP contribution in [0.2, 0.25) is 5.02 Å². The Morgan fingerprint density at radius 2 is 1.86 bits per heavy atom. The lowest BCUT2D eigenvalue weighted by Gasteiger charge is -2.21. The van der Waals surface area contributed by atoms with Gasteiger partial charge in [-0.3, -0.25) is 0 Å². The first kappa shape index (κ1) is 14.9. The monoisotopic (exact) mass is 314 g/mol. The van der Waals surface area contributed by atoms with Gasteiger partial charge in [0.15, 0.2) is 0 Å². The Bertz CT molecular complexity index is 859. The van der Waals surface area contributed by atoms with Gasteiger partial charge < -0.3 is 10.3 Å². The van der Waals surface area contributed by atoms with Gasteiger partial charge in [-0.15, -0.1) is 0 Å². The summed E-state index contributed by atoms with van der Waals surface area (Å²) in [4.78, 5) is 8.59. The van der Waals surface area contributed by atoms with Gasteiger partial charge in [0, 0.05) is 27.9 Å². The van der Waals surface area contributed by atoms with Crippen molar-refractivity contribution in [1.82, 2.24) is 14.5 Å². The maximum atomic E-state index is 6.42. The fraction of sp³-hybridized carbons (Fsp3) is 0.294. The Labute approximate surface area is 134 Å². The maximum Gasteiger partial charge on any atom is 0.146 e. The van der Waals surface area contributed by atoms with Gasteiger partial charge in [0.2, 0.25) is 0 Å². The molecule has 0 aliphatic carbocycles. The molecule has 2 N–H and O–H groups in total. The molecule has 22 heavy (non-hydrogen) atoms. The van der Waals surface area contributed by atoms with Crippen molar-refractivity contribution in [3.63, 3.8) is 0 Å². The lowest BCUT2D eigenvalue weighted by atomic mass is 10.0. The molecule has 3 aromatic rings. The van der Waals surface area contributed by atoms with Crippen LogP contribution in [0.4, 0.5) is 5.82 Å². The molecule has 0 unspecified atom stereocenters. The van der Waals surface area contributed by atoms with Crippen molar-refractivity contribution in [3.05, 3.63) is 41.3 Å². The third-order valence-corrected chi connectivity index (χ3v) is 4.08. The number of nitrogens with zero attached hydrogens (tertiary/aromatic N) is 3. The van der Waals surface area contributed by atoms with Gasteiger partial charge in [-0.2, -0.15) is 0 Å². The highest BCUT2D eigenvalue weighted by Gasteiger charge is 2.22. The summed E-state index contributed by atoms with van der Waals surface area (Å²) < 4.78 is 2.12. The van der Waals surface area contributed by atoms with Crippen LogP contribution in [0.3, 0.4) is 0 Å². The van der Waals surface area contributed by atoms with E-state index < -0.39 is 0 Å². The fourth-order valence-electron chi connectivity index (χ4n) is 2.65. The molecule has 2 aromatic heterocycles. The van der Waals surface area contributed by atoms with Gasteiger partial charge in [0.25, 0.3) is 0 Å². The quantitative estimate of drug-likeness (QED) is 0.724. The van der Waals surface area contributed by atoms with Crippen LogP contribution in [0.15, 0.2) is 30.7 Å². The molecule has 5 heteroatoms. The van der Waals surface area contributed by atoms with E-state index >= 15 is 0 Å². The number of halogens is 1. The van der Waals surface area contributed by atoms with E-state index in [0.29, 0.717) is 10.8 Å². The smallest absolute Gasteiger partial charge is 0.146 e. The van der Waals surface area contributed by atoms with E-state index in [1.54, 1.807) is 0 Å². The second kappa shape index (κ2) is 4.99. The summed E-state index contributed by atoms with van der Waals surface area (Å²) in [6.45, 7) is 8.44. The summed E-state index contributed by atoms with van der Waals surface area (Å²) in [7, 11) is 0. The summed E-state index contributed by atoms with van der Waals surface area (Å²) in [5.74, 6) is 0.473. The van der Waals surface area contributed by atoms with Crippen molar-refractivity contribution in [2.45, 2.75) is 33.2 Å². The standard InChI is InChI=1S/C17H19ClN4/c1-10-5-6-13(18)11(7-10)12-8-22(17(2,3)4)16-14(12)15(19)20-9-21-16/h5-9H,1-4H3,(H2,19,20,21). The molecule has 0 saturated heterocycles. The van der Waals surface area contributed by atoms with Crippen molar-refractivity contribution in [2.75, 3.05) is 5.73 Å². The second-order valence-corrected chi connectivity index (χ2v) is 6.93. The van der Waals surface area contributed by atoms with Gasteiger partial charge in [-0.25, -0.2) is 9.97 Å². The zero-order valence-electron chi connectivity index (χ0n) is 13.2. The maximum absolute atomic E-state index is 6.42. The van der Waals surface area contributed by atoms with Gasteiger partial charge >= 0.3 is 0 Å². The average Bonchev–Trinajstić information content (AvgIpc) is 2.82. The van der Waals surface area contributed by atoms with Crippen molar-refractivity contribution >= 4 is 28.5 Å². The number of anilines is 1. The molecule has 2 heterocycles. The van der Waals surface area contributed by atoms with Crippen LogP contribution in [-0.2, 0) is 5.54 Å². The van der Waals surface area contributed by atoms with Crippen LogP contribution in [-0.4, -0.2) is 14.5 Å². The molecule has 0 saturated carbocycles. The third-order valence-electron chi connectivity index (χ3n) is 3.75. The summed E-state index contributed by atoms with van der Waals surface area (Å²) in [6, 6.07) is 5.97. The Kier molecular flexibility index (Phi) is 3.37. The molecule has 114 valence electrons. The van der Waals surface area contributed by atoms with Gasteiger partial charge in [0.05, 0.1) is 5.39 Å². The first-order valence-electron chi connectivity index (χ1n) is 7.17. The molecule has 1 aromatic carbocycles. The third kappa shape index (κ3) is 2.33. The number of nitrogens with two attached hydrogens (primary N) is 1. The van der Waals surface area contributed by atoms with E-state index in [0.717, 1.165) is 27.7 Å². The summed E-state index contributed by atoms with van der Waals surface area (Å²) in [5, 5.41) is 1.55. The molecule has 0 fully saturated rings. The lowest BCUT2D eigenvalue weighted by molar-refractivity contribution is 0.408. The van der Waals surface area contributed by atoms with Gasteiger partial charge in [0.1, 0.15) is 17.8 Å². The fourth-order valence-corrected chi connectivity index (χ4v) is 2.87. The largest absolute Gasteiger partial charge is 0.383 e. The SMILES string of the molecule is Cc1ccc(Cl)c(-c2cn(C(C)(C)C)c3ncnc(N)c23)c1. The van der Waals surface area contributed by atoms with E-state index in [4.69, 9.17) is 17.3 Å². The second-order valence-electron chi connectivity index (χ2n) is 6.52. The Hall–Kier alpha value is -2.07.